The summed E-state index contributed by atoms with van der Waals surface area (Å²) in [5.41, 5.74) is 0.842. The van der Waals surface area contributed by atoms with Gasteiger partial charge in [0.2, 0.25) is 5.78 Å². The van der Waals surface area contributed by atoms with E-state index in [0.29, 0.717) is 5.65 Å². The number of fused-ring (bicyclic) bond motifs is 1. The van der Waals surface area contributed by atoms with Crippen LogP contribution in [0.1, 0.15) is 10.5 Å². The number of halogens is 4. The van der Waals surface area contributed by atoms with E-state index in [0.717, 1.165) is 4.47 Å². The first-order valence-electron chi connectivity index (χ1n) is 4.14. The number of alkyl halides is 3. The molecule has 0 bridgehead atoms. The van der Waals surface area contributed by atoms with E-state index >= 15 is 0 Å². The fourth-order valence-electron chi connectivity index (χ4n) is 1.27. The average Bonchev–Trinajstić information content (AvgIpc) is 2.57. The monoisotopic (exact) mass is 340 g/mol. The van der Waals surface area contributed by atoms with Crippen molar-refractivity contribution in [3.63, 3.8) is 0 Å². The lowest BCUT2D eigenvalue weighted by molar-refractivity contribution is 0.0991. The maximum Gasteiger partial charge on any atom is 0.255 e. The second kappa shape index (κ2) is 4.18. The molecule has 0 saturated heterocycles. The number of Topliss-reactive ketones (excluding diaryl/α,β-unsaturated/α-hetero) is 1. The van der Waals surface area contributed by atoms with Gasteiger partial charge >= 0.3 is 0 Å². The normalized spacial score (nSPS) is 12.0. The van der Waals surface area contributed by atoms with Gasteiger partial charge < -0.3 is 0 Å². The van der Waals surface area contributed by atoms with Crippen molar-refractivity contribution in [3.8, 4) is 0 Å². The van der Waals surface area contributed by atoms with E-state index < -0.39 is 9.58 Å². The number of aromatic nitrogens is 2. The Labute approximate surface area is 114 Å². The fourth-order valence-corrected chi connectivity index (χ4v) is 1.88. The summed E-state index contributed by atoms with van der Waals surface area (Å²) in [6, 6.07) is 3.53. The number of carbonyl (C=O) groups excluding carboxylic acids is 1. The van der Waals surface area contributed by atoms with Crippen LogP contribution >= 0.6 is 50.7 Å². The van der Waals surface area contributed by atoms with Crippen molar-refractivity contribution in [2.45, 2.75) is 3.79 Å². The fraction of sp³-hybridized carbons (Fsp3) is 0.111. The Bertz CT molecular complexity index is 561. The van der Waals surface area contributed by atoms with Gasteiger partial charge in [0.15, 0.2) is 0 Å². The molecule has 2 heterocycles. The quantitative estimate of drug-likeness (QED) is 0.586. The van der Waals surface area contributed by atoms with E-state index in [1.165, 1.54) is 6.20 Å². The molecule has 3 nitrogen and oxygen atoms in total. The number of imidazole rings is 1. The second-order valence-electron chi connectivity index (χ2n) is 3.04. The minimum Gasteiger partial charge on any atom is -0.297 e. The van der Waals surface area contributed by atoms with Gasteiger partial charge in [-0.25, -0.2) is 4.98 Å². The third kappa shape index (κ3) is 2.20. The van der Waals surface area contributed by atoms with Gasteiger partial charge in [-0.3, -0.25) is 9.20 Å². The van der Waals surface area contributed by atoms with Crippen LogP contribution in [0.5, 0.6) is 0 Å². The maximum absolute atomic E-state index is 11.8. The molecule has 0 saturated carbocycles. The van der Waals surface area contributed by atoms with E-state index in [9.17, 15) is 4.79 Å². The molecule has 0 atom stereocenters. The summed E-state index contributed by atoms with van der Waals surface area (Å²) >= 11 is 19.9. The van der Waals surface area contributed by atoms with Crippen LogP contribution in [0, 0.1) is 0 Å². The van der Waals surface area contributed by atoms with E-state index in [1.54, 1.807) is 22.7 Å². The molecule has 0 fully saturated rings. The lowest BCUT2D eigenvalue weighted by Gasteiger charge is -2.08. The minimum atomic E-state index is -1.97. The van der Waals surface area contributed by atoms with Gasteiger partial charge in [-0.15, -0.1) is 0 Å². The van der Waals surface area contributed by atoms with Crippen molar-refractivity contribution < 1.29 is 4.79 Å². The van der Waals surface area contributed by atoms with E-state index in [4.69, 9.17) is 34.8 Å². The smallest absolute Gasteiger partial charge is 0.255 e. The highest BCUT2D eigenvalue weighted by molar-refractivity contribution is 9.10. The molecule has 2 aromatic heterocycles. The molecule has 0 aliphatic heterocycles. The zero-order valence-corrected chi connectivity index (χ0v) is 11.5. The van der Waals surface area contributed by atoms with Gasteiger partial charge in [0, 0.05) is 10.7 Å². The molecule has 0 amide bonds. The zero-order valence-electron chi connectivity index (χ0n) is 7.62. The highest BCUT2D eigenvalue weighted by atomic mass is 79.9. The van der Waals surface area contributed by atoms with Gasteiger partial charge in [0.25, 0.3) is 3.79 Å². The molecule has 0 aliphatic carbocycles. The Morgan fingerprint density at radius 1 is 1.44 bits per heavy atom. The van der Waals surface area contributed by atoms with Gasteiger partial charge in [0.1, 0.15) is 11.3 Å². The Hall–Kier alpha value is -0.290. The van der Waals surface area contributed by atoms with E-state index in [1.807, 2.05) is 0 Å². The Morgan fingerprint density at radius 2 is 2.12 bits per heavy atom. The summed E-state index contributed by atoms with van der Waals surface area (Å²) in [5, 5.41) is 0. The van der Waals surface area contributed by atoms with Crippen LogP contribution in [0.2, 0.25) is 0 Å². The van der Waals surface area contributed by atoms with Crippen LogP contribution in [0.4, 0.5) is 0 Å². The molecule has 0 aromatic carbocycles. The minimum absolute atomic E-state index is 0.238. The first-order chi connectivity index (χ1) is 7.39. The number of carbonyl (C=O) groups is 1. The number of nitrogens with zero attached hydrogens (tertiary/aromatic N) is 2. The van der Waals surface area contributed by atoms with Crippen molar-refractivity contribution in [2.75, 3.05) is 0 Å². The number of hydrogen-bond donors (Lipinski definition) is 0. The number of rotatable bonds is 1. The van der Waals surface area contributed by atoms with Crippen LogP contribution in [-0.4, -0.2) is 19.0 Å². The largest absolute Gasteiger partial charge is 0.297 e. The third-order valence-electron chi connectivity index (χ3n) is 1.97. The highest BCUT2D eigenvalue weighted by Crippen LogP contribution is 2.30. The molecule has 84 valence electrons. The first-order valence-corrected chi connectivity index (χ1v) is 6.06. The van der Waals surface area contributed by atoms with Crippen molar-refractivity contribution >= 4 is 62.2 Å². The summed E-state index contributed by atoms with van der Waals surface area (Å²) in [6.07, 6.45) is 3.06. The summed E-state index contributed by atoms with van der Waals surface area (Å²) in [5.74, 6) is -0.604. The SMILES string of the molecule is O=C(c1cnc2cc(Br)ccn12)C(Cl)(Cl)Cl. The molecular formula is C9H4BrCl3N2O. The first kappa shape index (κ1) is 12.2. The molecule has 0 spiro atoms. The molecule has 0 aliphatic rings. The molecule has 0 radical (unpaired) electrons. The number of hydrogen-bond acceptors (Lipinski definition) is 2. The van der Waals surface area contributed by atoms with Crippen LogP contribution in [0.3, 0.4) is 0 Å². The average molecular weight is 342 g/mol. The van der Waals surface area contributed by atoms with Crippen molar-refractivity contribution in [2.24, 2.45) is 0 Å². The van der Waals surface area contributed by atoms with E-state index in [2.05, 4.69) is 20.9 Å². The van der Waals surface area contributed by atoms with Crippen molar-refractivity contribution in [1.82, 2.24) is 9.38 Å². The van der Waals surface area contributed by atoms with Crippen LogP contribution in [-0.2, 0) is 0 Å². The van der Waals surface area contributed by atoms with Gasteiger partial charge in [-0.1, -0.05) is 50.7 Å². The maximum atomic E-state index is 11.8. The lowest BCUT2D eigenvalue weighted by atomic mass is 10.3. The zero-order chi connectivity index (χ0) is 11.9. The Kier molecular flexibility index (Phi) is 3.18. The van der Waals surface area contributed by atoms with Crippen LogP contribution in [0.25, 0.3) is 5.65 Å². The van der Waals surface area contributed by atoms with Crippen molar-refractivity contribution in [1.29, 1.82) is 0 Å². The number of pyridine rings is 1. The predicted octanol–water partition coefficient (Wildman–Crippen LogP) is 3.65. The van der Waals surface area contributed by atoms with Gasteiger partial charge in [0.05, 0.1) is 6.20 Å². The molecule has 2 rings (SSSR count). The molecule has 16 heavy (non-hydrogen) atoms. The molecule has 2 aromatic rings. The predicted molar refractivity (Wildman–Crippen MR) is 67.5 cm³/mol. The summed E-state index contributed by atoms with van der Waals surface area (Å²) in [7, 11) is 0. The standard InChI is InChI=1S/C9H4BrCl3N2O/c10-5-1-2-15-6(4-14-7(15)3-5)8(16)9(11,12)13/h1-4H. The highest BCUT2D eigenvalue weighted by Gasteiger charge is 2.33. The third-order valence-corrected chi connectivity index (χ3v) is 2.97. The van der Waals surface area contributed by atoms with Gasteiger partial charge in [-0.05, 0) is 12.1 Å². The second-order valence-corrected chi connectivity index (χ2v) is 6.24. The summed E-state index contributed by atoms with van der Waals surface area (Å²) < 4.78 is 0.455. The van der Waals surface area contributed by atoms with Crippen molar-refractivity contribution in [3.05, 3.63) is 34.7 Å². The molecule has 0 N–H and O–H groups in total. The Balaban J connectivity index is 2.59. The summed E-state index contributed by atoms with van der Waals surface area (Å²) in [4.78, 5) is 15.8. The molecule has 0 unspecified atom stereocenters. The molecule has 7 heteroatoms. The Morgan fingerprint density at radius 3 is 2.75 bits per heavy atom. The lowest BCUT2D eigenvalue weighted by Crippen LogP contribution is -2.20. The topological polar surface area (TPSA) is 34.4 Å². The van der Waals surface area contributed by atoms with Crippen LogP contribution < -0.4 is 0 Å². The van der Waals surface area contributed by atoms with E-state index in [-0.39, 0.29) is 5.69 Å². The van der Waals surface area contributed by atoms with Gasteiger partial charge in [-0.2, -0.15) is 0 Å². The van der Waals surface area contributed by atoms with Crippen LogP contribution in [0.15, 0.2) is 29.0 Å². The summed E-state index contributed by atoms with van der Waals surface area (Å²) in [6.45, 7) is 0. The molecular weight excluding hydrogens is 338 g/mol. The number of ketones is 1.